The fourth-order valence-corrected chi connectivity index (χ4v) is 13.9. The summed E-state index contributed by atoms with van der Waals surface area (Å²) in [5.74, 6) is 1.28. The Morgan fingerprint density at radius 2 is 0.913 bits per heavy atom. The van der Waals surface area contributed by atoms with Crippen LogP contribution in [0.5, 0.6) is 0 Å². The van der Waals surface area contributed by atoms with E-state index in [9.17, 15) is 29.4 Å². The third-order valence-corrected chi connectivity index (χ3v) is 19.9. The van der Waals surface area contributed by atoms with Gasteiger partial charge in [0.1, 0.15) is 19.3 Å². The zero-order valence-corrected chi connectivity index (χ0v) is 61.4. The molecule has 0 saturated carbocycles. The first kappa shape index (κ1) is 87.1. The molecule has 0 aliphatic rings. The Hall–Kier alpha value is -2.89. The second-order valence-corrected chi connectivity index (χ2v) is 29.0. The third kappa shape index (κ3) is 59.6. The van der Waals surface area contributed by atoms with Gasteiger partial charge in [-0.1, -0.05) is 253 Å². The van der Waals surface area contributed by atoms with Gasteiger partial charge in [0.05, 0.1) is 18.5 Å². The molecule has 3 atom stereocenters. The van der Waals surface area contributed by atoms with Crippen molar-refractivity contribution in [1.82, 2.24) is 30.0 Å². The van der Waals surface area contributed by atoms with Crippen molar-refractivity contribution in [3.8, 4) is 0 Å². The number of imidazole rings is 1. The number of nitrogens with zero attached hydrogens (tertiary/aromatic N) is 4. The highest BCUT2D eigenvalue weighted by Crippen LogP contribution is 2.25. The van der Waals surface area contributed by atoms with E-state index in [4.69, 9.17) is 9.47 Å². The Labute approximate surface area is 572 Å². The van der Waals surface area contributed by atoms with E-state index >= 15 is 0 Å². The van der Waals surface area contributed by atoms with Crippen LogP contribution < -0.4 is 10.6 Å². The summed E-state index contributed by atoms with van der Waals surface area (Å²) >= 11 is 0. The van der Waals surface area contributed by atoms with Crippen LogP contribution in [0, 0.1) is 0 Å². The summed E-state index contributed by atoms with van der Waals surface area (Å²) in [5.41, 5.74) is 0. The van der Waals surface area contributed by atoms with Crippen LogP contribution in [0.2, 0.25) is 0 Å². The Kier molecular flexibility index (Phi) is 64.5. The minimum atomic E-state index is -0.632. The number of rotatable bonds is 71. The first-order valence-electron chi connectivity index (χ1n) is 38.3. The van der Waals surface area contributed by atoms with Crippen molar-refractivity contribution in [1.29, 1.82) is 0 Å². The van der Waals surface area contributed by atoms with Gasteiger partial charge in [0.15, 0.2) is 0 Å². The van der Waals surface area contributed by atoms with Gasteiger partial charge in [-0.3, -0.25) is 24.1 Å². The Bertz CT molecular complexity index is 1770. The van der Waals surface area contributed by atoms with Crippen molar-refractivity contribution in [3.63, 3.8) is 0 Å². The maximum absolute atomic E-state index is 13.7. The van der Waals surface area contributed by atoms with Crippen LogP contribution in [0.25, 0.3) is 0 Å². The van der Waals surface area contributed by atoms with Crippen LogP contribution in [0.4, 0.5) is 0 Å². The lowest BCUT2D eigenvalue weighted by atomic mass is 10.0. The van der Waals surface area contributed by atoms with Gasteiger partial charge >= 0.3 is 11.9 Å². The van der Waals surface area contributed by atoms with Gasteiger partial charge < -0.3 is 39.8 Å². The molecule has 0 bridgehead atoms. The molecule has 1 heterocycles. The molecule has 3 unspecified atom stereocenters. The lowest BCUT2D eigenvalue weighted by Gasteiger charge is -2.27. The smallest absolute Gasteiger partial charge is 0.306 e. The number of carbonyl (C=O) groups excluding carboxylic acids is 4. The summed E-state index contributed by atoms with van der Waals surface area (Å²) in [6.45, 7) is 15.8. The molecule has 536 valence electrons. The van der Waals surface area contributed by atoms with Crippen molar-refractivity contribution >= 4 is 45.3 Å². The molecule has 0 aliphatic heterocycles. The van der Waals surface area contributed by atoms with Gasteiger partial charge in [-0.05, 0) is 122 Å². The summed E-state index contributed by atoms with van der Waals surface area (Å²) < 4.78 is 12.9. The van der Waals surface area contributed by atoms with E-state index in [1.807, 2.05) is 33.7 Å². The Morgan fingerprint density at radius 1 is 0.478 bits per heavy atom. The Balaban J connectivity index is 2.74. The highest BCUT2D eigenvalue weighted by molar-refractivity contribution is 8.76. The highest BCUT2D eigenvalue weighted by atomic mass is 33.1. The largest absolute Gasteiger partial charge is 0.461 e. The molecule has 0 radical (unpaired) electrons. The lowest BCUT2D eigenvalue weighted by molar-refractivity contribution is -0.143. The number of aromatic nitrogens is 2. The molecule has 0 fully saturated rings. The SMILES string of the molecule is CCCCCC/C=C\COC(=O)CCCCCCCN(CCCCCCCC(=O)OC/C=C\CCCCCC)CCCCSSCCC(NC(=O)CCCN(CC(O)CCCCCCCCCC)CC(O)CCCCCCCCCC)C(=O)NCCCn1ccnc1. The number of ether oxygens (including phenoxy) is 2. The van der Waals surface area contributed by atoms with Crippen LogP contribution in [-0.4, -0.2) is 142 Å². The van der Waals surface area contributed by atoms with E-state index in [0.29, 0.717) is 65.1 Å². The predicted molar refractivity (Wildman–Crippen MR) is 392 cm³/mol. The number of amides is 2. The number of aryl methyl sites for hydroxylation is 1. The number of hydrogen-bond acceptors (Lipinski definition) is 13. The molecule has 1 rings (SSSR count). The molecule has 1 aromatic rings. The minimum absolute atomic E-state index is 0.0943. The van der Waals surface area contributed by atoms with Crippen LogP contribution in [0.1, 0.15) is 323 Å². The van der Waals surface area contributed by atoms with Gasteiger partial charge in [-0.2, -0.15) is 0 Å². The molecule has 16 heteroatoms. The van der Waals surface area contributed by atoms with Gasteiger partial charge in [0, 0.05) is 69.3 Å². The fourth-order valence-electron chi connectivity index (χ4n) is 11.6. The summed E-state index contributed by atoms with van der Waals surface area (Å²) in [6.07, 6.45) is 61.9. The number of aliphatic hydroxyl groups excluding tert-OH is 2. The molecule has 0 aliphatic carbocycles. The minimum Gasteiger partial charge on any atom is -0.461 e. The second-order valence-electron chi connectivity index (χ2n) is 26.3. The fraction of sp³-hybridized carbons (Fsp3) is 0.855. The molecule has 0 spiro atoms. The topological polar surface area (TPSA) is 176 Å². The number of esters is 2. The predicted octanol–water partition coefficient (Wildman–Crippen LogP) is 18.4. The van der Waals surface area contributed by atoms with Gasteiger partial charge in [0.2, 0.25) is 11.8 Å². The number of unbranched alkanes of at least 4 members (excludes halogenated alkanes) is 31. The van der Waals surface area contributed by atoms with Crippen molar-refractivity contribution < 1.29 is 38.9 Å². The molecular weight excluding hydrogens is 1190 g/mol. The third-order valence-electron chi connectivity index (χ3n) is 17.4. The van der Waals surface area contributed by atoms with Crippen LogP contribution in [-0.2, 0) is 35.2 Å². The molecule has 2 amide bonds. The molecule has 14 nitrogen and oxygen atoms in total. The van der Waals surface area contributed by atoms with Gasteiger partial charge in [-0.25, -0.2) is 4.98 Å². The second kappa shape index (κ2) is 68.1. The van der Waals surface area contributed by atoms with Crippen molar-refractivity contribution in [2.24, 2.45) is 0 Å². The summed E-state index contributed by atoms with van der Waals surface area (Å²) in [4.78, 5) is 60.9. The van der Waals surface area contributed by atoms with E-state index in [1.54, 1.807) is 23.3 Å². The van der Waals surface area contributed by atoms with Crippen LogP contribution >= 0.6 is 21.6 Å². The maximum atomic E-state index is 13.7. The van der Waals surface area contributed by atoms with Crippen molar-refractivity contribution in [3.05, 3.63) is 43.0 Å². The quantitative estimate of drug-likeness (QED) is 0.0210. The number of hydrogen-bond donors (Lipinski definition) is 4. The van der Waals surface area contributed by atoms with Gasteiger partial charge in [-0.15, -0.1) is 0 Å². The molecule has 4 N–H and O–H groups in total. The van der Waals surface area contributed by atoms with E-state index in [2.05, 4.69) is 65.3 Å². The summed E-state index contributed by atoms with van der Waals surface area (Å²) in [5, 5.41) is 28.6. The van der Waals surface area contributed by atoms with Crippen LogP contribution in [0.3, 0.4) is 0 Å². The summed E-state index contributed by atoms with van der Waals surface area (Å²) in [7, 11) is 3.63. The first-order valence-corrected chi connectivity index (χ1v) is 40.8. The Morgan fingerprint density at radius 3 is 1.40 bits per heavy atom. The zero-order chi connectivity index (χ0) is 66.7. The molecule has 0 aromatic carbocycles. The van der Waals surface area contributed by atoms with E-state index in [1.165, 1.54) is 128 Å². The van der Waals surface area contributed by atoms with E-state index in [-0.39, 0.29) is 30.2 Å². The maximum Gasteiger partial charge on any atom is 0.306 e. The van der Waals surface area contributed by atoms with Crippen molar-refractivity contribution in [2.75, 3.05) is 70.5 Å². The van der Waals surface area contributed by atoms with Gasteiger partial charge in [0.25, 0.3) is 0 Å². The number of carbonyl (C=O) groups is 4. The monoisotopic (exact) mass is 1330 g/mol. The highest BCUT2D eigenvalue weighted by Gasteiger charge is 2.22. The number of aliphatic hydroxyl groups is 2. The number of allylic oxidation sites excluding steroid dienone is 2. The van der Waals surface area contributed by atoms with E-state index in [0.717, 1.165) is 173 Å². The average molecular weight is 1330 g/mol. The molecule has 1 aromatic heterocycles. The first-order chi connectivity index (χ1) is 45.1. The van der Waals surface area contributed by atoms with E-state index < -0.39 is 18.2 Å². The number of nitrogens with one attached hydrogen (secondary N) is 2. The van der Waals surface area contributed by atoms with Crippen molar-refractivity contribution in [2.45, 2.75) is 348 Å². The molecule has 92 heavy (non-hydrogen) atoms. The standard InChI is InChI=1S/C76H142N6O8S2/c1-5-9-13-17-21-23-29-37-49-70(83)67-82(68-71(84)50-38-30-24-22-18-14-10-6-2)60-47-51-73(85)79-72(76(88)78-55-48-61-81-62-56-77-69-81)54-66-92-91-65-46-43-59-80(57-41-33-27-31-39-52-74(86)89-63-44-35-25-19-15-11-7-3)58-42-34-28-32-40-53-75(87)90-64-45-36-26-20-16-12-8-4/h35-36,44-45,56,62,69-72,83-84H,5-34,37-43,46-55,57-61,63-68H2,1-4H3,(H,78,88)(H,79,85)/b44-35-,45-36-. The average Bonchev–Trinajstić information content (AvgIpc) is 4.14. The lowest BCUT2D eigenvalue weighted by Crippen LogP contribution is -2.47. The summed E-state index contributed by atoms with van der Waals surface area (Å²) in [6, 6.07) is -0.632. The normalized spacial score (nSPS) is 12.8. The molecular formula is C76H142N6O8S2. The zero-order valence-electron chi connectivity index (χ0n) is 59.7. The van der Waals surface area contributed by atoms with Crippen LogP contribution in [0.15, 0.2) is 43.0 Å². The molecule has 0 saturated heterocycles.